The van der Waals surface area contributed by atoms with E-state index in [0.29, 0.717) is 56.3 Å². The highest BCUT2D eigenvalue weighted by Gasteiger charge is 2.24. The molecule has 2 saturated heterocycles. The molecular formula is C24H28F2N2O3. The first kappa shape index (κ1) is 21.7. The lowest BCUT2D eigenvalue weighted by Crippen LogP contribution is -2.41. The molecule has 2 aromatic carbocycles. The summed E-state index contributed by atoms with van der Waals surface area (Å²) in [6.45, 7) is 4.89. The molecule has 31 heavy (non-hydrogen) atoms. The van der Waals surface area contributed by atoms with E-state index in [1.54, 1.807) is 11.0 Å². The number of carbonyl (C=O) groups is 1. The Labute approximate surface area is 181 Å². The Morgan fingerprint density at radius 3 is 2.71 bits per heavy atom. The third-order valence-electron chi connectivity index (χ3n) is 5.90. The molecule has 0 radical (unpaired) electrons. The van der Waals surface area contributed by atoms with Gasteiger partial charge >= 0.3 is 0 Å². The van der Waals surface area contributed by atoms with Crippen molar-refractivity contribution < 1.29 is 23.0 Å². The number of likely N-dealkylation sites (tertiary alicyclic amines) is 1. The lowest BCUT2D eigenvalue weighted by atomic mass is 9.98. The molecule has 0 spiro atoms. The zero-order valence-electron chi connectivity index (χ0n) is 17.6. The van der Waals surface area contributed by atoms with E-state index in [4.69, 9.17) is 9.47 Å². The molecule has 0 bridgehead atoms. The molecule has 0 saturated carbocycles. The Morgan fingerprint density at radius 1 is 1.10 bits per heavy atom. The van der Waals surface area contributed by atoms with Crippen LogP contribution in [0.2, 0.25) is 0 Å². The Balaban J connectivity index is 1.35. The highest BCUT2D eigenvalue weighted by atomic mass is 19.1. The van der Waals surface area contributed by atoms with E-state index >= 15 is 0 Å². The zero-order valence-corrected chi connectivity index (χ0v) is 17.6. The van der Waals surface area contributed by atoms with Gasteiger partial charge in [0.05, 0.1) is 25.4 Å². The van der Waals surface area contributed by atoms with Crippen molar-refractivity contribution >= 4 is 5.91 Å². The molecule has 5 nitrogen and oxygen atoms in total. The Bertz CT molecular complexity index is 902. The van der Waals surface area contributed by atoms with Gasteiger partial charge in [-0.1, -0.05) is 18.2 Å². The number of halogens is 2. The Morgan fingerprint density at radius 2 is 1.90 bits per heavy atom. The summed E-state index contributed by atoms with van der Waals surface area (Å²) < 4.78 is 38.6. The molecule has 0 aliphatic carbocycles. The Hall–Kier alpha value is -2.51. The number of ether oxygens (including phenoxy) is 2. The molecule has 2 aromatic rings. The van der Waals surface area contributed by atoms with E-state index in [2.05, 4.69) is 4.90 Å². The predicted octanol–water partition coefficient (Wildman–Crippen LogP) is 3.73. The number of hydrogen-bond acceptors (Lipinski definition) is 4. The van der Waals surface area contributed by atoms with Gasteiger partial charge in [0.25, 0.3) is 5.91 Å². The standard InChI is InChI=1S/C24H28F2N2O3/c25-20-8-7-19(22(26)14-20)16-27-9-3-4-18(15-27)17-31-23-6-2-1-5-21(23)24(29)28-10-12-30-13-11-28/h1-2,5-8,14,18H,3-4,9-13,15-17H2. The third-order valence-corrected chi connectivity index (χ3v) is 5.90. The van der Waals surface area contributed by atoms with Crippen LogP contribution in [0.3, 0.4) is 0 Å². The molecule has 2 fully saturated rings. The first-order valence-electron chi connectivity index (χ1n) is 10.9. The van der Waals surface area contributed by atoms with E-state index in [0.717, 1.165) is 32.0 Å². The van der Waals surface area contributed by atoms with Gasteiger partial charge in [0.1, 0.15) is 17.4 Å². The van der Waals surface area contributed by atoms with Gasteiger partial charge in [0.2, 0.25) is 0 Å². The molecule has 7 heteroatoms. The van der Waals surface area contributed by atoms with Gasteiger partial charge < -0.3 is 14.4 Å². The summed E-state index contributed by atoms with van der Waals surface area (Å²) >= 11 is 0. The van der Waals surface area contributed by atoms with Crippen LogP contribution in [-0.4, -0.2) is 61.7 Å². The number of piperidine rings is 1. The molecule has 166 valence electrons. The van der Waals surface area contributed by atoms with E-state index < -0.39 is 11.6 Å². The van der Waals surface area contributed by atoms with Crippen LogP contribution < -0.4 is 4.74 Å². The van der Waals surface area contributed by atoms with E-state index in [9.17, 15) is 13.6 Å². The second-order valence-corrected chi connectivity index (χ2v) is 8.19. The lowest BCUT2D eigenvalue weighted by molar-refractivity contribution is 0.0299. The number of amides is 1. The number of para-hydroxylation sites is 1. The number of nitrogens with zero attached hydrogens (tertiary/aromatic N) is 2. The molecule has 2 aliphatic heterocycles. The van der Waals surface area contributed by atoms with Crippen molar-refractivity contribution in [2.75, 3.05) is 46.0 Å². The monoisotopic (exact) mass is 430 g/mol. The molecule has 1 amide bonds. The largest absolute Gasteiger partial charge is 0.492 e. The SMILES string of the molecule is O=C(c1ccccc1OCC1CCCN(Cc2ccc(F)cc2F)C1)N1CCOCC1. The van der Waals surface area contributed by atoms with Crippen molar-refractivity contribution in [1.82, 2.24) is 9.80 Å². The summed E-state index contributed by atoms with van der Waals surface area (Å²) in [4.78, 5) is 16.9. The van der Waals surface area contributed by atoms with Crippen LogP contribution in [0.15, 0.2) is 42.5 Å². The first-order chi connectivity index (χ1) is 15.1. The lowest BCUT2D eigenvalue weighted by Gasteiger charge is -2.33. The number of rotatable bonds is 6. The van der Waals surface area contributed by atoms with Crippen molar-refractivity contribution in [2.45, 2.75) is 19.4 Å². The third kappa shape index (κ3) is 5.60. The number of benzene rings is 2. The van der Waals surface area contributed by atoms with Crippen LogP contribution in [0.5, 0.6) is 5.75 Å². The van der Waals surface area contributed by atoms with E-state index in [-0.39, 0.29) is 11.8 Å². The fourth-order valence-corrected chi connectivity index (χ4v) is 4.24. The van der Waals surface area contributed by atoms with Crippen LogP contribution >= 0.6 is 0 Å². The van der Waals surface area contributed by atoms with Gasteiger partial charge in [-0.05, 0) is 37.6 Å². The molecule has 2 aliphatic rings. The maximum atomic E-state index is 14.0. The maximum absolute atomic E-state index is 14.0. The van der Waals surface area contributed by atoms with Crippen LogP contribution in [0.1, 0.15) is 28.8 Å². The second-order valence-electron chi connectivity index (χ2n) is 8.19. The fourth-order valence-electron chi connectivity index (χ4n) is 4.24. The minimum absolute atomic E-state index is 0.0315. The summed E-state index contributed by atoms with van der Waals surface area (Å²) in [7, 11) is 0. The quantitative estimate of drug-likeness (QED) is 0.701. The van der Waals surface area contributed by atoms with Crippen molar-refractivity contribution in [3.05, 3.63) is 65.2 Å². The predicted molar refractivity (Wildman–Crippen MR) is 113 cm³/mol. The van der Waals surface area contributed by atoms with Crippen molar-refractivity contribution in [2.24, 2.45) is 5.92 Å². The summed E-state index contributed by atoms with van der Waals surface area (Å²) in [5, 5.41) is 0. The first-order valence-corrected chi connectivity index (χ1v) is 10.9. The highest BCUT2D eigenvalue weighted by molar-refractivity contribution is 5.97. The number of morpholine rings is 1. The average molecular weight is 430 g/mol. The fraction of sp³-hybridized carbons (Fsp3) is 0.458. The van der Waals surface area contributed by atoms with Crippen molar-refractivity contribution in [3.8, 4) is 5.75 Å². The van der Waals surface area contributed by atoms with Crippen molar-refractivity contribution in [1.29, 1.82) is 0 Å². The van der Waals surface area contributed by atoms with Crippen LogP contribution in [0, 0.1) is 17.6 Å². The summed E-state index contributed by atoms with van der Waals surface area (Å²) in [5.74, 6) is -0.217. The number of hydrogen-bond donors (Lipinski definition) is 0. The molecule has 1 atom stereocenters. The van der Waals surface area contributed by atoms with Crippen molar-refractivity contribution in [3.63, 3.8) is 0 Å². The minimum atomic E-state index is -0.559. The highest BCUT2D eigenvalue weighted by Crippen LogP contribution is 2.24. The summed E-state index contributed by atoms with van der Waals surface area (Å²) in [5.41, 5.74) is 1.08. The normalized spacial score (nSPS) is 19.9. The van der Waals surface area contributed by atoms with Crippen LogP contribution in [0.25, 0.3) is 0 Å². The van der Waals surface area contributed by atoms with Gasteiger partial charge in [0, 0.05) is 43.7 Å². The smallest absolute Gasteiger partial charge is 0.257 e. The summed E-state index contributed by atoms with van der Waals surface area (Å²) in [6, 6.07) is 11.1. The molecule has 2 heterocycles. The molecule has 0 N–H and O–H groups in total. The molecule has 1 unspecified atom stereocenters. The topological polar surface area (TPSA) is 42.0 Å². The second kappa shape index (κ2) is 10.2. The van der Waals surface area contributed by atoms with Gasteiger partial charge in [-0.2, -0.15) is 0 Å². The average Bonchev–Trinajstić information content (AvgIpc) is 2.80. The van der Waals surface area contributed by atoms with Crippen LogP contribution in [0.4, 0.5) is 8.78 Å². The molecular weight excluding hydrogens is 402 g/mol. The number of carbonyl (C=O) groups excluding carboxylic acids is 1. The molecule has 0 aromatic heterocycles. The summed E-state index contributed by atoms with van der Waals surface area (Å²) in [6.07, 6.45) is 2.01. The minimum Gasteiger partial charge on any atom is -0.492 e. The Kier molecular flexibility index (Phi) is 7.14. The van der Waals surface area contributed by atoms with Crippen LogP contribution in [-0.2, 0) is 11.3 Å². The van der Waals surface area contributed by atoms with Gasteiger partial charge in [-0.15, -0.1) is 0 Å². The van der Waals surface area contributed by atoms with Gasteiger partial charge in [-0.3, -0.25) is 9.69 Å². The van der Waals surface area contributed by atoms with E-state index in [1.165, 1.54) is 12.1 Å². The van der Waals surface area contributed by atoms with E-state index in [1.807, 2.05) is 18.2 Å². The van der Waals surface area contributed by atoms with Gasteiger partial charge in [0.15, 0.2) is 0 Å². The maximum Gasteiger partial charge on any atom is 0.257 e. The molecule has 4 rings (SSSR count). The van der Waals surface area contributed by atoms with Gasteiger partial charge in [-0.25, -0.2) is 8.78 Å². The zero-order chi connectivity index (χ0) is 21.6.